The van der Waals surface area contributed by atoms with Crippen molar-refractivity contribution in [2.75, 3.05) is 5.73 Å². The highest BCUT2D eigenvalue weighted by molar-refractivity contribution is 7.21. The predicted molar refractivity (Wildman–Crippen MR) is 116 cm³/mol. The lowest BCUT2D eigenvalue weighted by atomic mass is 10.1. The van der Waals surface area contributed by atoms with E-state index in [1.165, 1.54) is 22.7 Å². The number of nitrogens with two attached hydrogens (primary N) is 2. The highest BCUT2D eigenvalue weighted by atomic mass is 32.1. The molecule has 2 aromatic carbocycles. The van der Waals surface area contributed by atoms with Crippen molar-refractivity contribution in [3.63, 3.8) is 0 Å². The van der Waals surface area contributed by atoms with Crippen molar-refractivity contribution in [1.29, 1.82) is 0 Å². The van der Waals surface area contributed by atoms with Gasteiger partial charge in [0, 0.05) is 32.8 Å². The normalized spacial score (nSPS) is 10.9. The Balaban J connectivity index is 1.55. The first-order chi connectivity index (χ1) is 13.5. The summed E-state index contributed by atoms with van der Waals surface area (Å²) in [4.78, 5) is 26.1. The van der Waals surface area contributed by atoms with Crippen LogP contribution in [0.1, 0.15) is 24.9 Å². The lowest BCUT2D eigenvalue weighted by Gasteiger charge is -2.04. The molecule has 5 nitrogen and oxygen atoms in total. The van der Waals surface area contributed by atoms with E-state index >= 15 is 0 Å². The smallest absolute Gasteiger partial charge is 0.261 e. The molecule has 4 rings (SSSR count). The Kier molecular flexibility index (Phi) is 4.85. The summed E-state index contributed by atoms with van der Waals surface area (Å²) in [6.45, 7) is 0.439. The van der Waals surface area contributed by atoms with E-state index in [0.717, 1.165) is 26.1 Å². The number of carbonyl (C=O) groups is 2. The van der Waals surface area contributed by atoms with Crippen molar-refractivity contribution in [2.24, 2.45) is 5.73 Å². The Labute approximate surface area is 169 Å². The van der Waals surface area contributed by atoms with E-state index in [9.17, 15) is 9.59 Å². The summed E-state index contributed by atoms with van der Waals surface area (Å²) >= 11 is 2.80. The highest BCUT2D eigenvalue weighted by Gasteiger charge is 2.14. The van der Waals surface area contributed by atoms with Gasteiger partial charge >= 0.3 is 0 Å². The first kappa shape index (κ1) is 18.2. The van der Waals surface area contributed by atoms with Gasteiger partial charge in [0.15, 0.2) is 0 Å². The number of amides is 2. The summed E-state index contributed by atoms with van der Waals surface area (Å²) in [5.41, 5.74) is 13.8. The number of fused-ring (bicyclic) bond motifs is 1. The van der Waals surface area contributed by atoms with Crippen LogP contribution in [0.15, 0.2) is 60.7 Å². The average Bonchev–Trinajstić information content (AvgIpc) is 3.34. The van der Waals surface area contributed by atoms with E-state index in [1.54, 1.807) is 0 Å². The second kappa shape index (κ2) is 7.46. The number of anilines is 1. The lowest BCUT2D eigenvalue weighted by molar-refractivity contribution is 0.0953. The van der Waals surface area contributed by atoms with Gasteiger partial charge in [-0.2, -0.15) is 0 Å². The molecule has 2 heterocycles. The first-order valence-electron chi connectivity index (χ1n) is 8.56. The standard InChI is InChI=1S/C21H17N3O2S2/c22-13-6-4-12(5-7-13)11-24-21(26)18-9-8-17(27-18)14-2-1-3-16-15(14)10-19(28-16)20(23)25/h1-10H,11,22H2,(H2,23,25)(H,24,26). The summed E-state index contributed by atoms with van der Waals surface area (Å²) in [7, 11) is 0. The van der Waals surface area contributed by atoms with Crippen LogP contribution in [-0.2, 0) is 6.54 Å². The maximum Gasteiger partial charge on any atom is 0.261 e. The van der Waals surface area contributed by atoms with Gasteiger partial charge in [-0.15, -0.1) is 22.7 Å². The van der Waals surface area contributed by atoms with Crippen LogP contribution in [0.4, 0.5) is 5.69 Å². The van der Waals surface area contributed by atoms with Crippen LogP contribution in [-0.4, -0.2) is 11.8 Å². The second-order valence-electron chi connectivity index (χ2n) is 6.28. The zero-order valence-electron chi connectivity index (χ0n) is 14.8. The number of nitrogen functional groups attached to an aromatic ring is 1. The number of benzene rings is 2. The number of primary amides is 1. The van der Waals surface area contributed by atoms with E-state index in [2.05, 4.69) is 5.32 Å². The number of carbonyl (C=O) groups excluding carboxylic acids is 2. The zero-order valence-corrected chi connectivity index (χ0v) is 16.4. The predicted octanol–water partition coefficient (Wildman–Crippen LogP) is 4.24. The third-order valence-electron chi connectivity index (χ3n) is 4.33. The van der Waals surface area contributed by atoms with Crippen molar-refractivity contribution in [1.82, 2.24) is 5.32 Å². The van der Waals surface area contributed by atoms with E-state index in [0.29, 0.717) is 22.0 Å². The van der Waals surface area contributed by atoms with Crippen LogP contribution in [0.5, 0.6) is 0 Å². The first-order valence-corrected chi connectivity index (χ1v) is 10.2. The molecule has 0 saturated carbocycles. The van der Waals surface area contributed by atoms with E-state index < -0.39 is 5.91 Å². The van der Waals surface area contributed by atoms with E-state index in [4.69, 9.17) is 11.5 Å². The Hall–Kier alpha value is -3.16. The number of thiophene rings is 2. The molecule has 0 unspecified atom stereocenters. The maximum absolute atomic E-state index is 12.5. The number of hydrogen-bond acceptors (Lipinski definition) is 5. The fraction of sp³-hybridized carbons (Fsp3) is 0.0476. The molecule has 5 N–H and O–H groups in total. The van der Waals surface area contributed by atoms with Gasteiger partial charge in [0.05, 0.1) is 9.75 Å². The van der Waals surface area contributed by atoms with Crippen LogP contribution < -0.4 is 16.8 Å². The van der Waals surface area contributed by atoms with Crippen LogP contribution in [0, 0.1) is 0 Å². The van der Waals surface area contributed by atoms with Crippen molar-refractivity contribution in [3.05, 3.63) is 76.0 Å². The number of hydrogen-bond donors (Lipinski definition) is 3. The molecule has 0 saturated heterocycles. The van der Waals surface area contributed by atoms with Gasteiger partial charge in [-0.25, -0.2) is 0 Å². The summed E-state index contributed by atoms with van der Waals surface area (Å²) in [5.74, 6) is -0.551. The molecule has 4 aromatic rings. The third-order valence-corrected chi connectivity index (χ3v) is 6.56. The van der Waals surface area contributed by atoms with Crippen LogP contribution in [0.2, 0.25) is 0 Å². The molecule has 0 spiro atoms. The molecule has 7 heteroatoms. The second-order valence-corrected chi connectivity index (χ2v) is 8.45. The van der Waals surface area contributed by atoms with Gasteiger partial charge in [0.2, 0.25) is 0 Å². The average molecular weight is 408 g/mol. The number of rotatable bonds is 5. The summed E-state index contributed by atoms with van der Waals surface area (Å²) in [6.07, 6.45) is 0. The SMILES string of the molecule is NC(=O)c1cc2c(-c3ccc(C(=O)NCc4ccc(N)cc4)s3)cccc2s1. The van der Waals surface area contributed by atoms with Crippen molar-refractivity contribution >= 4 is 50.3 Å². The Morgan fingerprint density at radius 1 is 0.929 bits per heavy atom. The lowest BCUT2D eigenvalue weighted by Crippen LogP contribution is -2.21. The van der Waals surface area contributed by atoms with Gasteiger partial charge in [0.25, 0.3) is 11.8 Å². The minimum Gasteiger partial charge on any atom is -0.399 e. The molecule has 0 aliphatic rings. The molecule has 28 heavy (non-hydrogen) atoms. The summed E-state index contributed by atoms with van der Waals surface area (Å²) < 4.78 is 0.994. The molecule has 0 bridgehead atoms. The fourth-order valence-electron chi connectivity index (χ4n) is 2.91. The van der Waals surface area contributed by atoms with Gasteiger partial charge in [-0.1, -0.05) is 24.3 Å². The molecule has 140 valence electrons. The number of nitrogens with one attached hydrogen (secondary N) is 1. The fourth-order valence-corrected chi connectivity index (χ4v) is 4.81. The zero-order chi connectivity index (χ0) is 19.7. The summed E-state index contributed by atoms with van der Waals surface area (Å²) in [6, 6.07) is 18.9. The van der Waals surface area contributed by atoms with E-state index in [-0.39, 0.29) is 5.91 Å². The molecule has 2 amide bonds. The van der Waals surface area contributed by atoms with Crippen LogP contribution in [0.3, 0.4) is 0 Å². The molecule has 0 atom stereocenters. The Bertz CT molecular complexity index is 1180. The van der Waals surface area contributed by atoms with Gasteiger partial charge in [0.1, 0.15) is 0 Å². The van der Waals surface area contributed by atoms with Gasteiger partial charge in [-0.3, -0.25) is 9.59 Å². The molecule has 0 fully saturated rings. The van der Waals surface area contributed by atoms with Gasteiger partial charge < -0.3 is 16.8 Å². The highest BCUT2D eigenvalue weighted by Crippen LogP contribution is 2.37. The minimum absolute atomic E-state index is 0.122. The van der Waals surface area contributed by atoms with E-state index in [1.807, 2.05) is 60.7 Å². The Morgan fingerprint density at radius 2 is 1.71 bits per heavy atom. The molecule has 0 aliphatic carbocycles. The topological polar surface area (TPSA) is 98.2 Å². The van der Waals surface area contributed by atoms with Gasteiger partial charge in [-0.05, 0) is 42.0 Å². The molecule has 0 aliphatic heterocycles. The molecular formula is C21H17N3O2S2. The maximum atomic E-state index is 12.5. The molecular weight excluding hydrogens is 390 g/mol. The van der Waals surface area contributed by atoms with Crippen molar-refractivity contribution in [2.45, 2.75) is 6.54 Å². The quantitative estimate of drug-likeness (QED) is 0.432. The van der Waals surface area contributed by atoms with Crippen LogP contribution >= 0.6 is 22.7 Å². The Morgan fingerprint density at radius 3 is 2.46 bits per heavy atom. The van der Waals surface area contributed by atoms with Crippen LogP contribution in [0.25, 0.3) is 20.5 Å². The van der Waals surface area contributed by atoms with Crippen molar-refractivity contribution < 1.29 is 9.59 Å². The third kappa shape index (κ3) is 3.62. The van der Waals surface area contributed by atoms with Crippen molar-refractivity contribution in [3.8, 4) is 10.4 Å². The molecule has 2 aromatic heterocycles. The molecule has 0 radical (unpaired) electrons. The summed E-state index contributed by atoms with van der Waals surface area (Å²) in [5, 5.41) is 3.90. The monoisotopic (exact) mass is 407 g/mol. The minimum atomic E-state index is -0.430. The largest absolute Gasteiger partial charge is 0.399 e.